The summed E-state index contributed by atoms with van der Waals surface area (Å²) in [6.07, 6.45) is -3.03. The molecule has 0 unspecified atom stereocenters. The number of hydrogen-bond donors (Lipinski definition) is 0. The summed E-state index contributed by atoms with van der Waals surface area (Å²) in [5.74, 6) is -2.50. The molecule has 0 N–H and O–H groups in total. The Morgan fingerprint density at radius 3 is 1.04 bits per heavy atom. The second kappa shape index (κ2) is 16.8. The third-order valence-corrected chi connectivity index (χ3v) is 0.548. The number of hydrogen-bond acceptors (Lipinski definition) is 5. The van der Waals surface area contributed by atoms with E-state index in [4.69, 9.17) is 16.8 Å². The standard InChI is InChI=1S/C5H8F4O.C2H5F.2CH3FO2S.CH3F/c1-4(2,7)10-5(8,9)3-6;1-2-3;2*1-5(2,3)4;1-2/h3H2,1-2H3;2H2,1H3;2*1H3;1H3. The Bertz CT molecular complexity index is 428. The molecule has 0 aromatic rings. The highest BCUT2D eigenvalue weighted by Crippen LogP contribution is 2.24. The Labute approximate surface area is 142 Å². The average molecular weight is 438 g/mol. The summed E-state index contributed by atoms with van der Waals surface area (Å²) in [4.78, 5) is 0. The molecule has 0 aromatic heterocycles. The zero-order chi connectivity index (χ0) is 22.1. The summed E-state index contributed by atoms with van der Waals surface area (Å²) in [6.45, 7) is 0.744. The second-order valence-electron chi connectivity index (χ2n) is 3.87. The molecule has 0 rings (SSSR count). The van der Waals surface area contributed by atoms with Crippen molar-refractivity contribution in [2.24, 2.45) is 0 Å². The van der Waals surface area contributed by atoms with Gasteiger partial charge in [0.1, 0.15) is 0 Å². The van der Waals surface area contributed by atoms with Crippen molar-refractivity contribution < 1.29 is 55.7 Å². The lowest BCUT2D eigenvalue weighted by Gasteiger charge is -2.20. The monoisotopic (exact) mass is 438 g/mol. The molecule has 0 aliphatic heterocycles. The fraction of sp³-hybridized carbons (Fsp3) is 1.00. The fourth-order valence-corrected chi connectivity index (χ4v) is 0.382. The van der Waals surface area contributed by atoms with E-state index in [1.165, 1.54) is 6.92 Å². The molecule has 0 aromatic carbocycles. The van der Waals surface area contributed by atoms with Gasteiger partial charge in [-0.3, -0.25) is 13.5 Å². The molecule has 0 saturated carbocycles. The maximum Gasteiger partial charge on any atom is 0.386 e. The van der Waals surface area contributed by atoms with Crippen LogP contribution < -0.4 is 0 Å². The molecule has 0 fully saturated rings. The molecule has 0 spiro atoms. The third kappa shape index (κ3) is 153. The van der Waals surface area contributed by atoms with Gasteiger partial charge in [0.05, 0.1) is 26.4 Å². The fourth-order valence-electron chi connectivity index (χ4n) is 0.382. The summed E-state index contributed by atoms with van der Waals surface area (Å²) in [7, 11) is -7.83. The maximum atomic E-state index is 12.2. The van der Waals surface area contributed by atoms with Crippen molar-refractivity contribution in [2.45, 2.75) is 32.7 Å². The smallest absolute Gasteiger partial charge is 0.281 e. The highest BCUT2D eigenvalue weighted by molar-refractivity contribution is 7.85. The molecule has 0 amide bonds. The first-order valence-corrected chi connectivity index (χ1v) is 9.32. The van der Waals surface area contributed by atoms with Gasteiger partial charge in [0, 0.05) is 0 Å². The van der Waals surface area contributed by atoms with E-state index in [1.54, 1.807) is 0 Å². The summed E-state index contributed by atoms with van der Waals surface area (Å²) in [5.41, 5.74) is 0. The van der Waals surface area contributed by atoms with E-state index in [0.717, 1.165) is 13.8 Å². The number of ether oxygens (including phenoxy) is 1. The van der Waals surface area contributed by atoms with Crippen molar-refractivity contribution in [1.82, 2.24) is 0 Å². The predicted molar refractivity (Wildman–Crippen MR) is 77.8 cm³/mol. The average Bonchev–Trinajstić information content (AvgIpc) is 2.25. The van der Waals surface area contributed by atoms with E-state index in [0.29, 0.717) is 19.7 Å². The quantitative estimate of drug-likeness (QED) is 0.497. The highest BCUT2D eigenvalue weighted by Gasteiger charge is 2.37. The van der Waals surface area contributed by atoms with E-state index in [-0.39, 0.29) is 6.67 Å². The van der Waals surface area contributed by atoms with Gasteiger partial charge in [0.25, 0.3) is 20.4 Å². The number of rotatable bonds is 3. The van der Waals surface area contributed by atoms with Gasteiger partial charge in [-0.25, -0.2) is 8.78 Å². The van der Waals surface area contributed by atoms with Crippen molar-refractivity contribution in [2.75, 3.05) is 33.0 Å². The third-order valence-electron chi connectivity index (χ3n) is 0.548. The lowest BCUT2D eigenvalue weighted by Crippen LogP contribution is -2.33. The van der Waals surface area contributed by atoms with Crippen LogP contribution in [-0.2, 0) is 25.2 Å². The minimum atomic E-state index is -4.17. The zero-order valence-corrected chi connectivity index (χ0v) is 15.9. The molecule has 160 valence electrons. The van der Waals surface area contributed by atoms with E-state index in [2.05, 4.69) is 4.74 Å². The van der Waals surface area contributed by atoms with E-state index < -0.39 is 39.1 Å². The van der Waals surface area contributed by atoms with E-state index in [9.17, 15) is 34.1 Å². The molecule has 5 nitrogen and oxygen atoms in total. The molecular formula is C10H22F8O5S2. The summed E-state index contributed by atoms with van der Waals surface area (Å²) < 4.78 is 127. The van der Waals surface area contributed by atoms with Crippen molar-refractivity contribution in [3.05, 3.63) is 0 Å². The molecular weight excluding hydrogens is 416 g/mol. The first-order valence-electron chi connectivity index (χ1n) is 5.74. The van der Waals surface area contributed by atoms with Crippen molar-refractivity contribution in [3.63, 3.8) is 0 Å². The molecule has 25 heavy (non-hydrogen) atoms. The van der Waals surface area contributed by atoms with Crippen molar-refractivity contribution >= 4 is 20.4 Å². The van der Waals surface area contributed by atoms with Gasteiger partial charge in [-0.1, -0.05) is 0 Å². The van der Waals surface area contributed by atoms with Gasteiger partial charge >= 0.3 is 6.11 Å². The summed E-state index contributed by atoms with van der Waals surface area (Å²) in [6, 6.07) is 0. The van der Waals surface area contributed by atoms with E-state index >= 15 is 0 Å². The summed E-state index contributed by atoms with van der Waals surface area (Å²) in [5, 5.41) is 0. The molecule has 0 saturated heterocycles. The van der Waals surface area contributed by atoms with Gasteiger partial charge < -0.3 is 0 Å². The molecule has 0 bridgehead atoms. The van der Waals surface area contributed by atoms with Gasteiger partial charge in [0.15, 0.2) is 6.67 Å². The Hall–Kier alpha value is -0.700. The Kier molecular flexibility index (Phi) is 23.7. The van der Waals surface area contributed by atoms with Crippen LogP contribution in [0.3, 0.4) is 0 Å². The highest BCUT2D eigenvalue weighted by atomic mass is 32.3. The van der Waals surface area contributed by atoms with Crippen LogP contribution in [0.15, 0.2) is 0 Å². The molecule has 0 aliphatic carbocycles. The Balaban J connectivity index is -0.0000000756. The maximum absolute atomic E-state index is 12.2. The van der Waals surface area contributed by atoms with Crippen LogP contribution in [0.2, 0.25) is 0 Å². The second-order valence-corrected chi connectivity index (χ2v) is 6.59. The van der Waals surface area contributed by atoms with Crippen LogP contribution in [0, 0.1) is 0 Å². The molecule has 0 atom stereocenters. The van der Waals surface area contributed by atoms with Crippen molar-refractivity contribution in [3.8, 4) is 0 Å². The zero-order valence-electron chi connectivity index (χ0n) is 14.3. The summed E-state index contributed by atoms with van der Waals surface area (Å²) >= 11 is 0. The Morgan fingerprint density at radius 1 is 0.840 bits per heavy atom. The van der Waals surface area contributed by atoms with Crippen LogP contribution in [0.25, 0.3) is 0 Å². The van der Waals surface area contributed by atoms with Crippen LogP contribution >= 0.6 is 0 Å². The van der Waals surface area contributed by atoms with Gasteiger partial charge in [0.2, 0.25) is 5.85 Å². The molecule has 0 radical (unpaired) electrons. The van der Waals surface area contributed by atoms with Crippen molar-refractivity contribution in [1.29, 1.82) is 0 Å². The lowest BCUT2D eigenvalue weighted by atomic mass is 10.4. The van der Waals surface area contributed by atoms with Gasteiger partial charge in [-0.05, 0) is 20.8 Å². The predicted octanol–water partition coefficient (Wildman–Crippen LogP) is 3.66. The van der Waals surface area contributed by atoms with Crippen LogP contribution in [0.1, 0.15) is 20.8 Å². The lowest BCUT2D eigenvalue weighted by molar-refractivity contribution is -0.324. The van der Waals surface area contributed by atoms with Gasteiger partial charge in [-0.15, -0.1) is 7.77 Å². The Morgan fingerprint density at radius 2 is 1.00 bits per heavy atom. The first kappa shape index (κ1) is 35.4. The van der Waals surface area contributed by atoms with E-state index in [1.807, 2.05) is 0 Å². The molecule has 15 heteroatoms. The SMILES string of the molecule is CC(C)(F)OC(F)(F)CF.CCF.CF.CS(=O)(=O)F.CS(=O)(=O)F. The topological polar surface area (TPSA) is 77.5 Å². The number of halogens is 8. The minimum absolute atomic E-state index is 0.250. The molecule has 0 aliphatic rings. The first-order chi connectivity index (χ1) is 10.7. The molecule has 0 heterocycles. The van der Waals surface area contributed by atoms with Crippen LogP contribution in [0.5, 0.6) is 0 Å². The largest absolute Gasteiger partial charge is 0.386 e. The minimum Gasteiger partial charge on any atom is -0.281 e. The van der Waals surface area contributed by atoms with Crippen LogP contribution in [-0.4, -0.2) is 61.8 Å². The van der Waals surface area contributed by atoms with Crippen LogP contribution in [0.4, 0.5) is 34.1 Å². The normalized spacial score (nSPS) is 11.1. The van der Waals surface area contributed by atoms with Gasteiger partial charge in [-0.2, -0.15) is 25.6 Å². The number of alkyl halides is 6.